The molecule has 1 aliphatic heterocycles. The van der Waals surface area contributed by atoms with Gasteiger partial charge in [-0.15, -0.1) is 0 Å². The summed E-state index contributed by atoms with van der Waals surface area (Å²) in [6.45, 7) is 3.43. The highest BCUT2D eigenvalue weighted by atomic mass is 16.5. The van der Waals surface area contributed by atoms with Gasteiger partial charge in [0, 0.05) is 12.6 Å². The van der Waals surface area contributed by atoms with E-state index in [-0.39, 0.29) is 11.9 Å². The molecule has 30 heavy (non-hydrogen) atoms. The number of nitrogens with one attached hydrogen (secondary N) is 1. The topological polar surface area (TPSA) is 60.0 Å². The summed E-state index contributed by atoms with van der Waals surface area (Å²) in [5.74, 6) is 2.37. The smallest absolute Gasteiger partial charge is 0.223 e. The highest BCUT2D eigenvalue weighted by Crippen LogP contribution is 2.17. The average molecular weight is 413 g/mol. The summed E-state index contributed by atoms with van der Waals surface area (Å²) in [5.41, 5.74) is 1.19. The van der Waals surface area contributed by atoms with Crippen LogP contribution in [0.3, 0.4) is 0 Å². The number of benzene rings is 2. The maximum atomic E-state index is 12.6. The Balaban J connectivity index is 1.50. The quantitative estimate of drug-likeness (QED) is 0.614. The summed E-state index contributed by atoms with van der Waals surface area (Å²) >= 11 is 0. The van der Waals surface area contributed by atoms with Gasteiger partial charge in [0.2, 0.25) is 5.91 Å². The van der Waals surface area contributed by atoms with Gasteiger partial charge in [0.1, 0.15) is 17.2 Å². The van der Waals surface area contributed by atoms with Gasteiger partial charge >= 0.3 is 0 Å². The van der Waals surface area contributed by atoms with Crippen LogP contribution in [0.1, 0.15) is 24.8 Å². The highest BCUT2D eigenvalue weighted by molar-refractivity contribution is 5.76. The van der Waals surface area contributed by atoms with E-state index in [0.717, 1.165) is 43.3 Å². The van der Waals surface area contributed by atoms with Crippen molar-refractivity contribution in [2.24, 2.45) is 0 Å². The number of nitrogens with zero attached hydrogens (tertiary/aromatic N) is 1. The molecule has 1 atom stereocenters. The zero-order valence-electron chi connectivity index (χ0n) is 17.9. The molecule has 1 N–H and O–H groups in total. The van der Waals surface area contributed by atoms with E-state index in [1.54, 1.807) is 14.2 Å². The van der Waals surface area contributed by atoms with Crippen LogP contribution < -0.4 is 19.5 Å². The molecule has 6 heteroatoms. The first kappa shape index (κ1) is 22.0. The fourth-order valence-corrected chi connectivity index (χ4v) is 3.72. The molecule has 0 radical (unpaired) electrons. The molecule has 0 unspecified atom stereocenters. The Kier molecular flexibility index (Phi) is 8.39. The lowest BCUT2D eigenvalue weighted by Gasteiger charge is -2.25. The van der Waals surface area contributed by atoms with Gasteiger partial charge in [-0.2, -0.15) is 0 Å². The van der Waals surface area contributed by atoms with Crippen molar-refractivity contribution in [1.29, 1.82) is 0 Å². The van der Waals surface area contributed by atoms with Crippen LogP contribution in [-0.4, -0.2) is 57.3 Å². The Bertz CT molecular complexity index is 771. The second kappa shape index (κ2) is 11.5. The Labute approximate surface area is 179 Å². The van der Waals surface area contributed by atoms with Crippen molar-refractivity contribution < 1.29 is 19.0 Å². The molecule has 0 aromatic heterocycles. The summed E-state index contributed by atoms with van der Waals surface area (Å²) in [6, 6.07) is 15.5. The normalized spacial score (nSPS) is 14.9. The molecule has 2 aromatic carbocycles. The molecule has 1 heterocycles. The van der Waals surface area contributed by atoms with Gasteiger partial charge in [0.15, 0.2) is 0 Å². The number of likely N-dealkylation sites (tertiary alicyclic amines) is 1. The average Bonchev–Trinajstić information content (AvgIpc) is 3.28. The molecular formula is C24H32N2O4. The minimum atomic E-state index is 0.0150. The van der Waals surface area contributed by atoms with Gasteiger partial charge in [-0.05, 0) is 74.3 Å². The van der Waals surface area contributed by atoms with Crippen molar-refractivity contribution in [3.8, 4) is 17.2 Å². The third-order valence-electron chi connectivity index (χ3n) is 5.34. The second-order valence-corrected chi connectivity index (χ2v) is 7.60. The van der Waals surface area contributed by atoms with Crippen LogP contribution >= 0.6 is 0 Å². The zero-order valence-corrected chi connectivity index (χ0v) is 17.9. The van der Waals surface area contributed by atoms with Gasteiger partial charge in [0.25, 0.3) is 0 Å². The van der Waals surface area contributed by atoms with E-state index in [1.165, 1.54) is 18.4 Å². The summed E-state index contributed by atoms with van der Waals surface area (Å²) < 4.78 is 16.1. The molecule has 162 valence electrons. The highest BCUT2D eigenvalue weighted by Gasteiger charge is 2.19. The van der Waals surface area contributed by atoms with Crippen molar-refractivity contribution in [2.45, 2.75) is 31.7 Å². The number of carbonyl (C=O) groups excluding carboxylic acids is 1. The molecule has 3 rings (SSSR count). The summed E-state index contributed by atoms with van der Waals surface area (Å²) in [4.78, 5) is 15.0. The third kappa shape index (κ3) is 6.95. The Hall–Kier alpha value is -2.73. The molecule has 1 fully saturated rings. The number of ether oxygens (including phenoxy) is 3. The number of amides is 1. The number of hydrogen-bond donors (Lipinski definition) is 1. The molecule has 1 saturated heterocycles. The lowest BCUT2D eigenvalue weighted by molar-refractivity contribution is -0.122. The molecule has 6 nitrogen and oxygen atoms in total. The maximum absolute atomic E-state index is 12.6. The van der Waals surface area contributed by atoms with Crippen LogP contribution in [-0.2, 0) is 11.2 Å². The number of methoxy groups -OCH3 is 2. The lowest BCUT2D eigenvalue weighted by Crippen LogP contribution is -2.44. The standard InChI is InChI=1S/C24H32N2O4/c1-28-21-7-5-19(6-8-21)17-20(18-26-14-3-4-15-26)25-24(27)13-16-30-23-11-9-22(29-2)10-12-23/h5-12,20H,3-4,13-18H2,1-2H3,(H,25,27)/t20-/m0/s1. The number of hydrogen-bond acceptors (Lipinski definition) is 5. The minimum Gasteiger partial charge on any atom is -0.497 e. The van der Waals surface area contributed by atoms with Crippen molar-refractivity contribution in [3.63, 3.8) is 0 Å². The zero-order chi connectivity index (χ0) is 21.2. The van der Waals surface area contributed by atoms with Crippen molar-refractivity contribution in [1.82, 2.24) is 10.2 Å². The molecule has 1 aliphatic rings. The number of carbonyl (C=O) groups is 1. The van der Waals surface area contributed by atoms with Gasteiger partial charge in [-0.1, -0.05) is 12.1 Å². The Morgan fingerprint density at radius 1 is 0.933 bits per heavy atom. The summed E-state index contributed by atoms with van der Waals surface area (Å²) in [5, 5.41) is 3.21. The van der Waals surface area contributed by atoms with Crippen molar-refractivity contribution in [2.75, 3.05) is 40.5 Å². The van der Waals surface area contributed by atoms with Crippen molar-refractivity contribution >= 4 is 5.91 Å². The van der Waals surface area contributed by atoms with E-state index < -0.39 is 0 Å². The first-order valence-electron chi connectivity index (χ1n) is 10.6. The molecule has 0 aliphatic carbocycles. The second-order valence-electron chi connectivity index (χ2n) is 7.60. The third-order valence-corrected chi connectivity index (χ3v) is 5.34. The molecule has 2 aromatic rings. The first-order valence-corrected chi connectivity index (χ1v) is 10.6. The molecule has 0 spiro atoms. The lowest BCUT2D eigenvalue weighted by atomic mass is 10.0. The first-order chi connectivity index (χ1) is 14.7. The number of rotatable bonds is 11. The van der Waals surface area contributed by atoms with Crippen LogP contribution in [0, 0.1) is 0 Å². The van der Waals surface area contributed by atoms with E-state index in [4.69, 9.17) is 14.2 Å². The van der Waals surface area contributed by atoms with Crippen LogP contribution in [0.25, 0.3) is 0 Å². The van der Waals surface area contributed by atoms with E-state index in [1.807, 2.05) is 36.4 Å². The van der Waals surface area contributed by atoms with E-state index in [0.29, 0.717) is 13.0 Å². The SMILES string of the molecule is COc1ccc(C[C@@H](CN2CCCC2)NC(=O)CCOc2ccc(OC)cc2)cc1. The van der Waals surface area contributed by atoms with E-state index >= 15 is 0 Å². The van der Waals surface area contributed by atoms with E-state index in [2.05, 4.69) is 22.3 Å². The fourth-order valence-electron chi connectivity index (χ4n) is 3.72. The summed E-state index contributed by atoms with van der Waals surface area (Å²) in [6.07, 6.45) is 3.59. The summed E-state index contributed by atoms with van der Waals surface area (Å²) in [7, 11) is 3.30. The van der Waals surface area contributed by atoms with Crippen LogP contribution in [0.2, 0.25) is 0 Å². The van der Waals surface area contributed by atoms with Gasteiger partial charge in [-0.3, -0.25) is 4.79 Å². The predicted molar refractivity (Wildman–Crippen MR) is 117 cm³/mol. The molecular weight excluding hydrogens is 380 g/mol. The van der Waals surface area contributed by atoms with Crippen LogP contribution in [0.15, 0.2) is 48.5 Å². The van der Waals surface area contributed by atoms with Gasteiger partial charge in [-0.25, -0.2) is 0 Å². The largest absolute Gasteiger partial charge is 0.497 e. The van der Waals surface area contributed by atoms with E-state index in [9.17, 15) is 4.79 Å². The minimum absolute atomic E-state index is 0.0150. The Morgan fingerprint density at radius 2 is 1.50 bits per heavy atom. The maximum Gasteiger partial charge on any atom is 0.223 e. The molecule has 1 amide bonds. The van der Waals surface area contributed by atoms with Gasteiger partial charge < -0.3 is 24.4 Å². The van der Waals surface area contributed by atoms with Gasteiger partial charge in [0.05, 0.1) is 27.2 Å². The predicted octanol–water partition coefficient (Wildman–Crippen LogP) is 3.30. The Morgan fingerprint density at radius 3 is 2.10 bits per heavy atom. The van der Waals surface area contributed by atoms with Crippen molar-refractivity contribution in [3.05, 3.63) is 54.1 Å². The molecule has 0 saturated carbocycles. The monoisotopic (exact) mass is 412 g/mol. The molecule has 0 bridgehead atoms. The van der Waals surface area contributed by atoms with Crippen LogP contribution in [0.5, 0.6) is 17.2 Å². The fraction of sp³-hybridized carbons (Fsp3) is 0.458. The van der Waals surface area contributed by atoms with Crippen LogP contribution in [0.4, 0.5) is 0 Å².